The number of hydrogen-bond donors (Lipinski definition) is 1. The predicted octanol–water partition coefficient (Wildman–Crippen LogP) is 3.69. The highest BCUT2D eigenvalue weighted by molar-refractivity contribution is 5.81. The van der Waals surface area contributed by atoms with Gasteiger partial charge in [0.05, 0.1) is 0 Å². The second-order valence-electron chi connectivity index (χ2n) is 5.06. The minimum Gasteiger partial charge on any atom is -0.339 e. The van der Waals surface area contributed by atoms with Gasteiger partial charge in [0.1, 0.15) is 0 Å². The van der Waals surface area contributed by atoms with Crippen molar-refractivity contribution in [1.29, 1.82) is 0 Å². The fourth-order valence-electron chi connectivity index (χ4n) is 2.60. The van der Waals surface area contributed by atoms with Gasteiger partial charge in [-0.2, -0.15) is 0 Å². The van der Waals surface area contributed by atoms with Crippen molar-refractivity contribution < 1.29 is 8.78 Å². The van der Waals surface area contributed by atoms with E-state index in [1.807, 2.05) is 25.2 Å². The van der Waals surface area contributed by atoms with Gasteiger partial charge in [0.25, 0.3) is 0 Å². The molecule has 1 N–H and O–H groups in total. The van der Waals surface area contributed by atoms with Gasteiger partial charge < -0.3 is 9.88 Å². The van der Waals surface area contributed by atoms with Crippen LogP contribution in [0.2, 0.25) is 0 Å². The first-order valence-electron chi connectivity index (χ1n) is 6.84. The zero-order chi connectivity index (χ0) is 14.8. The number of benzene rings is 2. The molecule has 2 nitrogen and oxygen atoms in total. The molecule has 3 rings (SSSR count). The van der Waals surface area contributed by atoms with Crippen molar-refractivity contribution in [2.45, 2.75) is 13.1 Å². The Morgan fingerprint density at radius 3 is 2.57 bits per heavy atom. The van der Waals surface area contributed by atoms with Crippen LogP contribution in [0.25, 0.3) is 10.9 Å². The van der Waals surface area contributed by atoms with Gasteiger partial charge in [0.2, 0.25) is 0 Å². The van der Waals surface area contributed by atoms with Crippen molar-refractivity contribution in [3.8, 4) is 0 Å². The minimum absolute atomic E-state index is 0.516. The van der Waals surface area contributed by atoms with Crippen molar-refractivity contribution in [3.05, 3.63) is 71.4 Å². The number of nitrogens with one attached hydrogen (secondary N) is 1. The average Bonchev–Trinajstić information content (AvgIpc) is 2.81. The van der Waals surface area contributed by atoms with Crippen LogP contribution in [0, 0.1) is 11.6 Å². The average molecular weight is 286 g/mol. The summed E-state index contributed by atoms with van der Waals surface area (Å²) >= 11 is 0. The number of halogens is 2. The van der Waals surface area contributed by atoms with E-state index in [2.05, 4.69) is 22.0 Å². The van der Waals surface area contributed by atoms with Crippen molar-refractivity contribution in [2.24, 2.45) is 0 Å². The Kier molecular flexibility index (Phi) is 3.71. The number of fused-ring (bicyclic) bond motifs is 1. The van der Waals surface area contributed by atoms with E-state index in [-0.39, 0.29) is 0 Å². The first kappa shape index (κ1) is 13.8. The summed E-state index contributed by atoms with van der Waals surface area (Å²) in [6.45, 7) is 1.24. The maximum absolute atomic E-state index is 13.4. The Hall–Kier alpha value is -2.20. The standard InChI is InChI=1S/C17H16F2N2/c1-20-10-14-9-13-4-2-3-5-17(13)21(14)11-12-6-7-15(18)16(19)8-12/h2-9,20H,10-11H2,1H3. The summed E-state index contributed by atoms with van der Waals surface area (Å²) < 4.78 is 28.5. The molecule has 0 unspecified atom stereocenters. The van der Waals surface area contributed by atoms with Gasteiger partial charge in [-0.1, -0.05) is 24.3 Å². The Labute approximate surface area is 122 Å². The van der Waals surface area contributed by atoms with E-state index >= 15 is 0 Å². The molecule has 21 heavy (non-hydrogen) atoms. The fourth-order valence-corrected chi connectivity index (χ4v) is 2.60. The summed E-state index contributed by atoms with van der Waals surface area (Å²) in [5.74, 6) is -1.62. The fraction of sp³-hybridized carbons (Fsp3) is 0.176. The highest BCUT2D eigenvalue weighted by Gasteiger charge is 2.10. The third-order valence-electron chi connectivity index (χ3n) is 3.58. The molecule has 1 aromatic heterocycles. The van der Waals surface area contributed by atoms with Crippen LogP contribution in [-0.4, -0.2) is 11.6 Å². The lowest BCUT2D eigenvalue weighted by Crippen LogP contribution is -2.12. The number of aromatic nitrogens is 1. The molecule has 0 radical (unpaired) electrons. The molecule has 0 saturated carbocycles. The van der Waals surface area contributed by atoms with Crippen LogP contribution >= 0.6 is 0 Å². The topological polar surface area (TPSA) is 17.0 Å². The summed E-state index contributed by atoms with van der Waals surface area (Å²) in [7, 11) is 1.89. The Morgan fingerprint density at radius 2 is 1.81 bits per heavy atom. The largest absolute Gasteiger partial charge is 0.339 e. The van der Waals surface area contributed by atoms with E-state index < -0.39 is 11.6 Å². The van der Waals surface area contributed by atoms with Crippen molar-refractivity contribution in [1.82, 2.24) is 9.88 Å². The van der Waals surface area contributed by atoms with Crippen LogP contribution in [-0.2, 0) is 13.1 Å². The molecule has 0 atom stereocenters. The summed E-state index contributed by atoms with van der Waals surface area (Å²) in [4.78, 5) is 0. The molecule has 0 bridgehead atoms. The molecule has 108 valence electrons. The number of para-hydroxylation sites is 1. The van der Waals surface area contributed by atoms with Gasteiger partial charge >= 0.3 is 0 Å². The monoisotopic (exact) mass is 286 g/mol. The zero-order valence-corrected chi connectivity index (χ0v) is 11.7. The van der Waals surface area contributed by atoms with Crippen molar-refractivity contribution in [3.63, 3.8) is 0 Å². The molecule has 0 amide bonds. The van der Waals surface area contributed by atoms with E-state index in [4.69, 9.17) is 0 Å². The second-order valence-corrected chi connectivity index (χ2v) is 5.06. The molecule has 1 heterocycles. The van der Waals surface area contributed by atoms with E-state index in [0.29, 0.717) is 6.54 Å². The highest BCUT2D eigenvalue weighted by atomic mass is 19.2. The summed E-state index contributed by atoms with van der Waals surface area (Å²) in [6.07, 6.45) is 0. The van der Waals surface area contributed by atoms with Crippen molar-refractivity contribution in [2.75, 3.05) is 7.05 Å². The Morgan fingerprint density at radius 1 is 1.00 bits per heavy atom. The van der Waals surface area contributed by atoms with Gasteiger partial charge in [-0.3, -0.25) is 0 Å². The van der Waals surface area contributed by atoms with E-state index in [1.165, 1.54) is 12.1 Å². The van der Waals surface area contributed by atoms with Gasteiger partial charge in [0, 0.05) is 24.3 Å². The Bertz CT molecular complexity index is 778. The minimum atomic E-state index is -0.813. The first-order valence-corrected chi connectivity index (χ1v) is 6.84. The predicted molar refractivity (Wildman–Crippen MR) is 80.2 cm³/mol. The third kappa shape index (κ3) is 2.67. The molecular weight excluding hydrogens is 270 g/mol. The summed E-state index contributed by atoms with van der Waals surface area (Å²) in [5.41, 5.74) is 2.95. The van der Waals surface area contributed by atoms with Crippen LogP contribution in [0.1, 0.15) is 11.3 Å². The van der Waals surface area contributed by atoms with E-state index in [9.17, 15) is 8.78 Å². The van der Waals surface area contributed by atoms with Crippen LogP contribution < -0.4 is 5.32 Å². The lowest BCUT2D eigenvalue weighted by molar-refractivity contribution is 0.506. The highest BCUT2D eigenvalue weighted by Crippen LogP contribution is 2.22. The first-order chi connectivity index (χ1) is 10.2. The van der Waals surface area contributed by atoms with Crippen LogP contribution in [0.5, 0.6) is 0 Å². The molecule has 0 aliphatic carbocycles. The smallest absolute Gasteiger partial charge is 0.159 e. The Balaban J connectivity index is 2.05. The molecule has 0 saturated heterocycles. The van der Waals surface area contributed by atoms with Gasteiger partial charge in [-0.05, 0) is 42.3 Å². The molecular formula is C17H16F2N2. The van der Waals surface area contributed by atoms with Crippen LogP contribution in [0.3, 0.4) is 0 Å². The van der Waals surface area contributed by atoms with Gasteiger partial charge in [-0.15, -0.1) is 0 Å². The third-order valence-corrected chi connectivity index (χ3v) is 3.58. The molecule has 0 fully saturated rings. The number of rotatable bonds is 4. The molecule has 4 heteroatoms. The molecule has 3 aromatic rings. The quantitative estimate of drug-likeness (QED) is 0.774. The SMILES string of the molecule is CNCc1cc2ccccc2n1Cc1ccc(F)c(F)c1. The van der Waals surface area contributed by atoms with E-state index in [0.717, 1.165) is 28.7 Å². The molecule has 0 aliphatic rings. The molecule has 2 aromatic carbocycles. The van der Waals surface area contributed by atoms with Crippen LogP contribution in [0.4, 0.5) is 8.78 Å². The number of nitrogens with zero attached hydrogens (tertiary/aromatic N) is 1. The lowest BCUT2D eigenvalue weighted by Gasteiger charge is -2.11. The maximum atomic E-state index is 13.4. The zero-order valence-electron chi connectivity index (χ0n) is 11.7. The summed E-state index contributed by atoms with van der Waals surface area (Å²) in [5, 5.41) is 4.28. The lowest BCUT2D eigenvalue weighted by atomic mass is 10.2. The molecule has 0 spiro atoms. The number of hydrogen-bond acceptors (Lipinski definition) is 1. The summed E-state index contributed by atoms with van der Waals surface area (Å²) in [6, 6.07) is 14.2. The normalized spacial score (nSPS) is 11.2. The second kappa shape index (κ2) is 5.66. The van der Waals surface area contributed by atoms with E-state index in [1.54, 1.807) is 6.07 Å². The van der Waals surface area contributed by atoms with Crippen LogP contribution in [0.15, 0.2) is 48.5 Å². The maximum Gasteiger partial charge on any atom is 0.159 e. The van der Waals surface area contributed by atoms with Gasteiger partial charge in [0.15, 0.2) is 11.6 Å². The molecule has 0 aliphatic heterocycles. The van der Waals surface area contributed by atoms with Gasteiger partial charge in [-0.25, -0.2) is 8.78 Å². The van der Waals surface area contributed by atoms with Crippen molar-refractivity contribution >= 4 is 10.9 Å².